The zero-order valence-electron chi connectivity index (χ0n) is 18.4. The fourth-order valence-corrected chi connectivity index (χ4v) is 4.18. The van der Waals surface area contributed by atoms with Crippen LogP contribution in [0.25, 0.3) is 11.0 Å². The van der Waals surface area contributed by atoms with E-state index in [1.807, 2.05) is 18.2 Å². The first-order valence-corrected chi connectivity index (χ1v) is 10.7. The lowest BCUT2D eigenvalue weighted by molar-refractivity contribution is -0.132. The topological polar surface area (TPSA) is 109 Å². The van der Waals surface area contributed by atoms with Crippen LogP contribution in [0.2, 0.25) is 0 Å². The summed E-state index contributed by atoms with van der Waals surface area (Å²) in [5, 5.41) is 9.06. The van der Waals surface area contributed by atoms with Crippen LogP contribution < -0.4 is 0 Å². The minimum absolute atomic E-state index is 0.116. The van der Waals surface area contributed by atoms with Gasteiger partial charge in [-0.1, -0.05) is 12.1 Å². The normalized spacial score (nSPS) is 17.0. The molecule has 1 amide bonds. The van der Waals surface area contributed by atoms with Crippen LogP contribution in [0.3, 0.4) is 0 Å². The van der Waals surface area contributed by atoms with Gasteiger partial charge < -0.3 is 9.47 Å². The maximum absolute atomic E-state index is 13.6. The Morgan fingerprint density at radius 2 is 1.94 bits per heavy atom. The van der Waals surface area contributed by atoms with Gasteiger partial charge in [0.1, 0.15) is 6.04 Å². The van der Waals surface area contributed by atoms with Gasteiger partial charge in [0.05, 0.1) is 23.6 Å². The fourth-order valence-electron chi connectivity index (χ4n) is 4.18. The molecule has 10 heteroatoms. The van der Waals surface area contributed by atoms with Crippen LogP contribution in [0, 0.1) is 11.3 Å². The van der Waals surface area contributed by atoms with Crippen molar-refractivity contribution in [1.82, 2.24) is 19.4 Å². The molecule has 0 unspecified atom stereocenters. The summed E-state index contributed by atoms with van der Waals surface area (Å²) in [5.74, 6) is -4.26. The number of aryl methyl sites for hydroxylation is 1. The van der Waals surface area contributed by atoms with Crippen LogP contribution in [0.1, 0.15) is 45.8 Å². The Bertz CT molecular complexity index is 1330. The van der Waals surface area contributed by atoms with E-state index >= 15 is 0 Å². The van der Waals surface area contributed by atoms with Gasteiger partial charge in [0.25, 0.3) is 5.92 Å². The number of aromatic nitrogens is 3. The Morgan fingerprint density at radius 1 is 1.18 bits per heavy atom. The lowest BCUT2D eigenvalue weighted by Gasteiger charge is -2.19. The standard InChI is InChI=1S/C24H21F2N5O3/c1-30-19-5-3-2-4-18(19)29-23(30)21(33)10-15-13-28-9-8-17(15)20(32)6-7-22(34)31-14-24(25,26)11-16(31)12-27/h2-5,8-9,13,16H,6-7,10-11,14H2,1H3/t16-/m0/s1. The van der Waals surface area contributed by atoms with E-state index in [1.54, 1.807) is 23.8 Å². The third-order valence-electron chi connectivity index (χ3n) is 5.90. The number of pyridine rings is 1. The molecular formula is C24H21F2N5O3. The van der Waals surface area contributed by atoms with Crippen LogP contribution in [0.5, 0.6) is 0 Å². The van der Waals surface area contributed by atoms with Gasteiger partial charge in [-0.25, -0.2) is 13.8 Å². The van der Waals surface area contributed by atoms with Gasteiger partial charge in [0.2, 0.25) is 11.7 Å². The van der Waals surface area contributed by atoms with E-state index < -0.39 is 36.6 Å². The number of hydrogen-bond acceptors (Lipinski definition) is 6. The summed E-state index contributed by atoms with van der Waals surface area (Å²) in [6, 6.07) is 9.29. The van der Waals surface area contributed by atoms with E-state index in [4.69, 9.17) is 5.26 Å². The summed E-state index contributed by atoms with van der Waals surface area (Å²) < 4.78 is 28.9. The van der Waals surface area contributed by atoms with E-state index in [2.05, 4.69) is 9.97 Å². The van der Waals surface area contributed by atoms with Crippen molar-refractivity contribution in [2.24, 2.45) is 7.05 Å². The molecule has 1 atom stereocenters. The van der Waals surface area contributed by atoms with E-state index in [9.17, 15) is 23.2 Å². The molecule has 3 heterocycles. The van der Waals surface area contributed by atoms with Crippen molar-refractivity contribution in [3.05, 3.63) is 59.7 Å². The molecule has 2 aromatic heterocycles. The molecule has 0 spiro atoms. The zero-order chi connectivity index (χ0) is 24.5. The quantitative estimate of drug-likeness (QED) is 0.496. The number of Topliss-reactive ketones (excluding diaryl/α,β-unsaturated/α-hetero) is 2. The first-order chi connectivity index (χ1) is 16.2. The number of nitriles is 1. The summed E-state index contributed by atoms with van der Waals surface area (Å²) in [6.45, 7) is -0.828. The van der Waals surface area contributed by atoms with E-state index in [-0.39, 0.29) is 36.4 Å². The zero-order valence-corrected chi connectivity index (χ0v) is 18.4. The molecule has 0 N–H and O–H groups in total. The molecule has 1 aliphatic heterocycles. The Morgan fingerprint density at radius 3 is 2.68 bits per heavy atom. The Labute approximate surface area is 193 Å². The van der Waals surface area contributed by atoms with E-state index in [0.717, 1.165) is 10.4 Å². The summed E-state index contributed by atoms with van der Waals surface area (Å²) >= 11 is 0. The number of hydrogen-bond donors (Lipinski definition) is 0. The number of nitrogens with zero attached hydrogens (tertiary/aromatic N) is 5. The third kappa shape index (κ3) is 4.55. The number of ketones is 2. The van der Waals surface area contributed by atoms with Crippen molar-refractivity contribution in [3.63, 3.8) is 0 Å². The minimum atomic E-state index is -3.12. The van der Waals surface area contributed by atoms with Crippen molar-refractivity contribution in [3.8, 4) is 6.07 Å². The highest BCUT2D eigenvalue weighted by Gasteiger charge is 2.47. The molecule has 3 aromatic rings. The predicted molar refractivity (Wildman–Crippen MR) is 117 cm³/mol. The first kappa shape index (κ1) is 23.2. The molecule has 0 saturated carbocycles. The van der Waals surface area contributed by atoms with Crippen LogP contribution in [-0.2, 0) is 18.3 Å². The highest BCUT2D eigenvalue weighted by atomic mass is 19.3. The van der Waals surface area contributed by atoms with Crippen molar-refractivity contribution in [2.75, 3.05) is 6.54 Å². The summed E-state index contributed by atoms with van der Waals surface area (Å²) in [4.78, 5) is 47.5. The number of carbonyl (C=O) groups is 3. The largest absolute Gasteiger partial charge is 0.325 e. The van der Waals surface area contributed by atoms with Gasteiger partial charge in [-0.05, 0) is 23.8 Å². The average molecular weight is 465 g/mol. The summed E-state index contributed by atoms with van der Waals surface area (Å²) in [5.41, 5.74) is 2.10. The third-order valence-corrected chi connectivity index (χ3v) is 5.90. The second-order valence-electron chi connectivity index (χ2n) is 8.27. The van der Waals surface area contributed by atoms with Gasteiger partial charge >= 0.3 is 0 Å². The van der Waals surface area contributed by atoms with Crippen LogP contribution >= 0.6 is 0 Å². The molecule has 34 heavy (non-hydrogen) atoms. The number of carbonyl (C=O) groups excluding carboxylic acids is 3. The van der Waals surface area contributed by atoms with Crippen LogP contribution in [0.15, 0.2) is 42.7 Å². The van der Waals surface area contributed by atoms with Crippen LogP contribution in [0.4, 0.5) is 8.78 Å². The van der Waals surface area contributed by atoms with Gasteiger partial charge in [0, 0.05) is 50.7 Å². The Hall–Kier alpha value is -4.00. The van der Waals surface area contributed by atoms with Gasteiger partial charge in [-0.2, -0.15) is 5.26 Å². The summed E-state index contributed by atoms with van der Waals surface area (Å²) in [6.07, 6.45) is 1.45. The molecule has 1 aliphatic rings. The van der Waals surface area contributed by atoms with Crippen molar-refractivity contribution >= 4 is 28.5 Å². The summed E-state index contributed by atoms with van der Waals surface area (Å²) in [7, 11) is 1.74. The number of alkyl halides is 2. The second-order valence-corrected chi connectivity index (χ2v) is 8.27. The minimum Gasteiger partial charge on any atom is -0.325 e. The Kier molecular flexibility index (Phi) is 6.20. The second kappa shape index (κ2) is 9.09. The smallest absolute Gasteiger partial charge is 0.268 e. The van der Waals surface area contributed by atoms with E-state index in [0.29, 0.717) is 11.1 Å². The maximum atomic E-state index is 13.6. The number of para-hydroxylation sites is 2. The number of amides is 1. The molecule has 0 radical (unpaired) electrons. The number of likely N-dealkylation sites (tertiary alicyclic amines) is 1. The highest BCUT2D eigenvalue weighted by molar-refractivity contribution is 6.02. The number of benzene rings is 1. The molecule has 8 nitrogen and oxygen atoms in total. The molecule has 0 bridgehead atoms. The SMILES string of the molecule is Cn1c(C(=O)Cc2cnccc2C(=O)CCC(=O)N2CC(F)(F)C[C@H]2C#N)nc2ccccc21. The van der Waals surface area contributed by atoms with Crippen molar-refractivity contribution < 1.29 is 23.2 Å². The highest BCUT2D eigenvalue weighted by Crippen LogP contribution is 2.32. The molecule has 1 saturated heterocycles. The molecule has 4 rings (SSSR count). The predicted octanol–water partition coefficient (Wildman–Crippen LogP) is 3.12. The molecule has 1 fully saturated rings. The average Bonchev–Trinajstić information content (AvgIpc) is 3.33. The molecule has 174 valence electrons. The lowest BCUT2D eigenvalue weighted by Crippen LogP contribution is -2.36. The van der Waals surface area contributed by atoms with Gasteiger partial charge in [-0.3, -0.25) is 19.4 Å². The van der Waals surface area contributed by atoms with E-state index in [1.165, 1.54) is 18.5 Å². The van der Waals surface area contributed by atoms with Crippen molar-refractivity contribution in [2.45, 2.75) is 37.6 Å². The lowest BCUT2D eigenvalue weighted by atomic mass is 9.98. The van der Waals surface area contributed by atoms with Crippen LogP contribution in [-0.4, -0.2) is 55.4 Å². The van der Waals surface area contributed by atoms with Gasteiger partial charge in [-0.15, -0.1) is 0 Å². The first-order valence-electron chi connectivity index (χ1n) is 10.7. The number of halogens is 2. The monoisotopic (exact) mass is 465 g/mol. The van der Waals surface area contributed by atoms with Gasteiger partial charge in [0.15, 0.2) is 11.6 Å². The van der Waals surface area contributed by atoms with Crippen molar-refractivity contribution in [1.29, 1.82) is 5.26 Å². The number of imidazole rings is 1. The Balaban J connectivity index is 1.46. The maximum Gasteiger partial charge on any atom is 0.268 e. The number of fused-ring (bicyclic) bond motifs is 1. The molecule has 1 aromatic carbocycles. The molecule has 0 aliphatic carbocycles. The molecular weight excluding hydrogens is 444 g/mol. The fraction of sp³-hybridized carbons (Fsp3) is 0.333. The number of rotatable bonds is 7.